The summed E-state index contributed by atoms with van der Waals surface area (Å²) in [5.41, 5.74) is 0. The summed E-state index contributed by atoms with van der Waals surface area (Å²) >= 11 is 0. The molecule has 208 valence electrons. The molecule has 0 bridgehead atoms. The molecule has 0 radical (unpaired) electrons. The first-order valence-corrected chi connectivity index (χ1v) is 16.3. The SMILES string of the molecule is CCCC(=O)OC1C(OC(=O)CCC)C2OP(=O)(O)OP(=O)(O)OC2C2OP(=O)(O)OP(=O)(O)OC12. The zero-order chi connectivity index (χ0) is 27.1. The topological polar surface area (TPSA) is 257 Å². The van der Waals surface area contributed by atoms with Crippen LogP contribution in [0.1, 0.15) is 39.5 Å². The van der Waals surface area contributed by atoms with Crippen LogP contribution in [0, 0.1) is 0 Å². The van der Waals surface area contributed by atoms with Gasteiger partial charge in [0.15, 0.2) is 12.2 Å². The van der Waals surface area contributed by atoms with E-state index in [0.717, 1.165) is 0 Å². The summed E-state index contributed by atoms with van der Waals surface area (Å²) in [5.74, 6) is -1.95. The molecule has 2 heterocycles. The third-order valence-corrected chi connectivity index (χ3v) is 10.2. The molecule has 10 atom stereocenters. The number of esters is 2. The van der Waals surface area contributed by atoms with Crippen LogP contribution >= 0.6 is 31.3 Å². The molecular weight excluding hydrogens is 580 g/mol. The van der Waals surface area contributed by atoms with Gasteiger partial charge in [0.25, 0.3) is 0 Å². The van der Waals surface area contributed by atoms with E-state index >= 15 is 0 Å². The molecule has 10 unspecified atom stereocenters. The quantitative estimate of drug-likeness (QED) is 0.247. The molecule has 0 amide bonds. The molecule has 0 aromatic heterocycles. The highest BCUT2D eigenvalue weighted by molar-refractivity contribution is 7.61. The molecule has 36 heavy (non-hydrogen) atoms. The minimum atomic E-state index is -5.49. The fourth-order valence-corrected chi connectivity index (χ4v) is 8.54. The maximum atomic E-state index is 12.4. The number of ether oxygens (including phenoxy) is 2. The van der Waals surface area contributed by atoms with Crippen molar-refractivity contribution in [3.05, 3.63) is 0 Å². The fourth-order valence-electron chi connectivity index (χ4n) is 3.65. The van der Waals surface area contributed by atoms with Crippen molar-refractivity contribution in [3.63, 3.8) is 0 Å². The Morgan fingerprint density at radius 2 is 0.889 bits per heavy atom. The number of carbonyl (C=O) groups is 2. The van der Waals surface area contributed by atoms with Crippen molar-refractivity contribution >= 4 is 43.2 Å². The van der Waals surface area contributed by atoms with Gasteiger partial charge in [0.2, 0.25) is 0 Å². The van der Waals surface area contributed by atoms with E-state index in [-0.39, 0.29) is 25.7 Å². The number of carbonyl (C=O) groups excluding carboxylic acids is 2. The van der Waals surface area contributed by atoms with Crippen LogP contribution in [0.4, 0.5) is 0 Å². The maximum absolute atomic E-state index is 12.4. The average molecular weight is 604 g/mol. The second kappa shape index (κ2) is 10.9. The highest BCUT2D eigenvalue weighted by Gasteiger charge is 2.66. The summed E-state index contributed by atoms with van der Waals surface area (Å²) in [4.78, 5) is 64.4. The van der Waals surface area contributed by atoms with Gasteiger partial charge in [0, 0.05) is 12.8 Å². The Morgan fingerprint density at radius 3 is 1.17 bits per heavy atom. The summed E-state index contributed by atoms with van der Waals surface area (Å²) < 4.78 is 87.4. The van der Waals surface area contributed by atoms with E-state index in [0.29, 0.717) is 0 Å². The lowest BCUT2D eigenvalue weighted by Gasteiger charge is -2.46. The number of hydrogen-bond donors (Lipinski definition) is 4. The lowest BCUT2D eigenvalue weighted by atomic mass is 9.84. The van der Waals surface area contributed by atoms with Gasteiger partial charge in [-0.05, 0) is 12.8 Å². The van der Waals surface area contributed by atoms with Crippen LogP contribution in [0.15, 0.2) is 0 Å². The van der Waals surface area contributed by atoms with E-state index in [1.165, 1.54) is 0 Å². The summed E-state index contributed by atoms with van der Waals surface area (Å²) in [7, 11) is -21.9. The summed E-state index contributed by atoms with van der Waals surface area (Å²) in [6, 6.07) is 0. The first-order valence-electron chi connectivity index (χ1n) is 10.3. The molecule has 0 aromatic rings. The second-order valence-electron chi connectivity index (χ2n) is 7.73. The predicted octanol–water partition coefficient (Wildman–Crippen LogP) is 1.43. The number of phosphoric acid groups is 4. The number of hydrogen-bond acceptors (Lipinski definition) is 14. The van der Waals surface area contributed by atoms with Gasteiger partial charge in [-0.2, -0.15) is 8.62 Å². The molecule has 4 N–H and O–H groups in total. The predicted molar refractivity (Wildman–Crippen MR) is 111 cm³/mol. The maximum Gasteiger partial charge on any atom is 0.481 e. The smallest absolute Gasteiger partial charge is 0.455 e. The Balaban J connectivity index is 2.19. The Bertz CT molecular complexity index is 978. The van der Waals surface area contributed by atoms with Crippen LogP contribution in [-0.2, 0) is 64.0 Å². The normalized spacial score (nSPS) is 46.9. The van der Waals surface area contributed by atoms with E-state index in [1.807, 2.05) is 0 Å². The molecule has 18 nitrogen and oxygen atoms in total. The molecule has 2 saturated heterocycles. The van der Waals surface area contributed by atoms with Gasteiger partial charge < -0.3 is 29.0 Å². The Kier molecular flexibility index (Phi) is 9.10. The third-order valence-electron chi connectivity index (χ3n) is 4.82. The molecular formula is C14H24O18P4. The van der Waals surface area contributed by atoms with Crippen molar-refractivity contribution in [3.8, 4) is 0 Å². The van der Waals surface area contributed by atoms with Gasteiger partial charge >= 0.3 is 43.2 Å². The van der Waals surface area contributed by atoms with E-state index in [4.69, 9.17) is 27.6 Å². The highest BCUT2D eigenvalue weighted by atomic mass is 31.3. The van der Waals surface area contributed by atoms with E-state index in [2.05, 4.69) is 8.62 Å². The van der Waals surface area contributed by atoms with Crippen LogP contribution in [0.3, 0.4) is 0 Å². The minimum Gasteiger partial charge on any atom is -0.455 e. The van der Waals surface area contributed by atoms with Crippen molar-refractivity contribution in [2.45, 2.75) is 76.2 Å². The van der Waals surface area contributed by atoms with Gasteiger partial charge in [-0.3, -0.25) is 27.7 Å². The van der Waals surface area contributed by atoms with Crippen LogP contribution in [0.5, 0.6) is 0 Å². The first-order chi connectivity index (χ1) is 16.5. The van der Waals surface area contributed by atoms with Crippen molar-refractivity contribution < 1.29 is 83.6 Å². The molecule has 2 aliphatic heterocycles. The second-order valence-corrected chi connectivity index (χ2v) is 13.6. The van der Waals surface area contributed by atoms with E-state index in [1.54, 1.807) is 13.8 Å². The Hall–Kier alpha value is -0.540. The van der Waals surface area contributed by atoms with E-state index in [9.17, 15) is 47.4 Å². The van der Waals surface area contributed by atoms with Gasteiger partial charge in [-0.25, -0.2) is 18.3 Å². The van der Waals surface area contributed by atoms with Crippen LogP contribution in [0.2, 0.25) is 0 Å². The molecule has 3 aliphatic rings. The van der Waals surface area contributed by atoms with Crippen LogP contribution in [0.25, 0.3) is 0 Å². The molecule has 3 rings (SSSR count). The van der Waals surface area contributed by atoms with Gasteiger partial charge in [-0.15, -0.1) is 0 Å². The van der Waals surface area contributed by atoms with Crippen molar-refractivity contribution in [2.75, 3.05) is 0 Å². The Morgan fingerprint density at radius 1 is 0.611 bits per heavy atom. The number of phosphoric ester groups is 4. The summed E-state index contributed by atoms with van der Waals surface area (Å²) in [5, 5.41) is 0. The lowest BCUT2D eigenvalue weighted by Crippen LogP contribution is -2.66. The average Bonchev–Trinajstić information content (AvgIpc) is 2.84. The Labute approximate surface area is 203 Å². The number of rotatable bonds is 6. The molecule has 1 aliphatic carbocycles. The van der Waals surface area contributed by atoms with Crippen LogP contribution in [-0.4, -0.2) is 68.1 Å². The summed E-state index contributed by atoms with van der Waals surface area (Å²) in [6.45, 7) is 3.20. The minimum absolute atomic E-state index is 0.227. The zero-order valence-electron chi connectivity index (χ0n) is 18.6. The van der Waals surface area contributed by atoms with Crippen molar-refractivity contribution in [2.24, 2.45) is 0 Å². The standard InChI is InChI=1S/C14H24O18P4/c1-3-5-7(15)25-9-10(26-8(16)6-4-2)12-14(30-36(23,24)32-34(19,20)28-12)13-11(9)27-33(17,18)31-35(21,22)29-13/h9-14H,3-6H2,1-2H3,(H,17,18)(H,19,20)(H,21,22)(H,23,24). The zero-order valence-corrected chi connectivity index (χ0v) is 22.2. The van der Waals surface area contributed by atoms with Crippen molar-refractivity contribution in [1.29, 1.82) is 0 Å². The monoisotopic (exact) mass is 604 g/mol. The molecule has 1 saturated carbocycles. The molecule has 0 aromatic carbocycles. The first kappa shape index (κ1) is 30.0. The van der Waals surface area contributed by atoms with Gasteiger partial charge in [-0.1, -0.05) is 13.8 Å². The molecule has 22 heteroatoms. The largest absolute Gasteiger partial charge is 0.481 e. The number of fused-ring (bicyclic) bond motifs is 3. The van der Waals surface area contributed by atoms with E-state index < -0.39 is 79.9 Å². The fraction of sp³-hybridized carbons (Fsp3) is 0.857. The van der Waals surface area contributed by atoms with Gasteiger partial charge in [0.1, 0.15) is 24.4 Å². The lowest BCUT2D eigenvalue weighted by molar-refractivity contribution is -0.225. The third kappa shape index (κ3) is 7.31. The highest BCUT2D eigenvalue weighted by Crippen LogP contribution is 2.69. The van der Waals surface area contributed by atoms with Crippen LogP contribution < -0.4 is 0 Å². The van der Waals surface area contributed by atoms with Crippen molar-refractivity contribution in [1.82, 2.24) is 0 Å². The molecule has 0 spiro atoms. The molecule has 3 fully saturated rings. The van der Waals surface area contributed by atoms with Gasteiger partial charge in [0.05, 0.1) is 0 Å². The summed E-state index contributed by atoms with van der Waals surface area (Å²) in [6.07, 6.45) is -12.6.